The van der Waals surface area contributed by atoms with Gasteiger partial charge in [-0.05, 0) is 35.1 Å². The lowest BCUT2D eigenvalue weighted by Crippen LogP contribution is -2.51. The lowest BCUT2D eigenvalue weighted by atomic mass is 9.98. The highest BCUT2D eigenvalue weighted by Crippen LogP contribution is 2.17. The van der Waals surface area contributed by atoms with E-state index in [0.29, 0.717) is 31.3 Å². The fourth-order valence-electron chi connectivity index (χ4n) is 3.95. The first kappa shape index (κ1) is 29.0. The number of amides is 1. The van der Waals surface area contributed by atoms with Crippen molar-refractivity contribution >= 4 is 40.3 Å². The van der Waals surface area contributed by atoms with Crippen LogP contribution < -0.4 is 10.6 Å². The zero-order valence-electron chi connectivity index (χ0n) is 21.7. The summed E-state index contributed by atoms with van der Waals surface area (Å²) in [5.74, 6) is 0.138. The number of hydrogen-bond acceptors (Lipinski definition) is 6. The van der Waals surface area contributed by atoms with Gasteiger partial charge in [-0.1, -0.05) is 44.5 Å². The maximum atomic E-state index is 13.2. The summed E-state index contributed by atoms with van der Waals surface area (Å²) in [6, 6.07) is 10.4. The normalized spacial score (nSPS) is 12.4. The number of thiophene rings is 1. The second-order valence-electron chi connectivity index (χ2n) is 9.11. The van der Waals surface area contributed by atoms with Gasteiger partial charge in [0.15, 0.2) is 5.11 Å². The predicted molar refractivity (Wildman–Crippen MR) is 155 cm³/mol. The Bertz CT molecular complexity index is 1210. The molecule has 0 radical (unpaired) electrons. The van der Waals surface area contributed by atoms with Crippen molar-refractivity contribution in [1.82, 2.24) is 25.1 Å². The molecule has 1 aromatic carbocycles. The molecule has 0 saturated heterocycles. The number of nitro benzene ring substituents is 1. The van der Waals surface area contributed by atoms with Crippen molar-refractivity contribution in [3.63, 3.8) is 0 Å². The summed E-state index contributed by atoms with van der Waals surface area (Å²) < 4.78 is 1.89. The maximum Gasteiger partial charge on any atom is 0.269 e. The van der Waals surface area contributed by atoms with E-state index < -0.39 is 4.92 Å². The van der Waals surface area contributed by atoms with E-state index in [1.807, 2.05) is 16.0 Å². The van der Waals surface area contributed by atoms with E-state index in [1.54, 1.807) is 42.1 Å². The third kappa shape index (κ3) is 8.49. The van der Waals surface area contributed by atoms with Crippen LogP contribution in [0.5, 0.6) is 0 Å². The van der Waals surface area contributed by atoms with E-state index in [4.69, 9.17) is 12.2 Å². The first-order valence-electron chi connectivity index (χ1n) is 12.5. The molecule has 0 aliphatic heterocycles. The average Bonchev–Trinajstić information content (AvgIpc) is 3.58. The molecule has 3 aromatic rings. The molecule has 0 saturated carbocycles. The summed E-state index contributed by atoms with van der Waals surface area (Å²) in [5, 5.41) is 20.0. The molecule has 1 amide bonds. The molecule has 0 spiro atoms. The Kier molecular flexibility index (Phi) is 11.0. The third-order valence-electron chi connectivity index (χ3n) is 6.35. The minimum atomic E-state index is -0.422. The third-order valence-corrected chi connectivity index (χ3v) is 7.61. The summed E-state index contributed by atoms with van der Waals surface area (Å²) in [6.07, 6.45) is 6.19. The Morgan fingerprint density at radius 1 is 1.34 bits per heavy atom. The first-order chi connectivity index (χ1) is 18.3. The van der Waals surface area contributed by atoms with E-state index in [1.165, 1.54) is 17.0 Å². The van der Waals surface area contributed by atoms with Crippen LogP contribution in [-0.2, 0) is 24.3 Å². The standard InChI is InChI=1S/C27H34N6O3S2/c1-4-12-29-27(37)31(17-24-7-6-13-38-24)18-25(20(3)5-2)30-26(34)14-23-15-28-19-32(23)16-21-8-10-22(11-9-21)33(35)36/h4,6-11,13,15,19-20,25H,1,5,12,14,16-18H2,2-3H3,(H,29,37)(H,30,34)/t20-,25+/m0/s1. The Hall–Kier alpha value is -3.57. The maximum absolute atomic E-state index is 13.2. The minimum Gasteiger partial charge on any atom is -0.359 e. The van der Waals surface area contributed by atoms with Gasteiger partial charge in [-0.15, -0.1) is 17.9 Å². The summed E-state index contributed by atoms with van der Waals surface area (Å²) in [7, 11) is 0. The molecule has 11 heteroatoms. The topological polar surface area (TPSA) is 105 Å². The number of non-ortho nitro benzene ring substituents is 1. The summed E-state index contributed by atoms with van der Waals surface area (Å²) >= 11 is 7.35. The SMILES string of the molecule is C=CCNC(=S)N(Cc1cccs1)C[C@@H](NC(=O)Cc1cncn1Cc1ccc([N+](=O)[O-])cc1)[C@@H](C)CC. The van der Waals surface area contributed by atoms with Crippen LogP contribution in [0.1, 0.15) is 36.4 Å². The van der Waals surface area contributed by atoms with Crippen LogP contribution in [0.25, 0.3) is 0 Å². The van der Waals surface area contributed by atoms with Crippen molar-refractivity contribution < 1.29 is 9.72 Å². The van der Waals surface area contributed by atoms with Crippen LogP contribution in [-0.4, -0.2) is 49.5 Å². The Morgan fingerprint density at radius 3 is 2.74 bits per heavy atom. The molecule has 0 aliphatic rings. The van der Waals surface area contributed by atoms with Gasteiger partial charge in [0.05, 0.1) is 24.2 Å². The number of rotatable bonds is 14. The van der Waals surface area contributed by atoms with E-state index in [2.05, 4.69) is 47.0 Å². The molecule has 9 nitrogen and oxygen atoms in total. The molecular weight excluding hydrogens is 520 g/mol. The van der Waals surface area contributed by atoms with Gasteiger partial charge in [-0.25, -0.2) is 4.98 Å². The number of carbonyl (C=O) groups is 1. The smallest absolute Gasteiger partial charge is 0.269 e. The van der Waals surface area contributed by atoms with Gasteiger partial charge in [-0.2, -0.15) is 0 Å². The molecule has 3 rings (SSSR count). The van der Waals surface area contributed by atoms with Crippen LogP contribution >= 0.6 is 23.6 Å². The fourth-order valence-corrected chi connectivity index (χ4v) is 4.89. The fraction of sp³-hybridized carbons (Fsp3) is 0.370. The molecule has 0 fully saturated rings. The summed E-state index contributed by atoms with van der Waals surface area (Å²) in [6.45, 7) is 10.3. The number of imidazole rings is 1. The molecule has 0 bridgehead atoms. The zero-order valence-corrected chi connectivity index (χ0v) is 23.3. The number of aromatic nitrogens is 2. The number of nitro groups is 1. The number of hydrogen-bond donors (Lipinski definition) is 2. The Morgan fingerprint density at radius 2 is 2.11 bits per heavy atom. The Labute approximate surface area is 232 Å². The number of nitrogens with one attached hydrogen (secondary N) is 2. The lowest BCUT2D eigenvalue weighted by Gasteiger charge is -2.33. The molecular formula is C27H34N6O3S2. The van der Waals surface area contributed by atoms with Crippen molar-refractivity contribution in [2.75, 3.05) is 13.1 Å². The van der Waals surface area contributed by atoms with Crippen LogP contribution in [0.3, 0.4) is 0 Å². The van der Waals surface area contributed by atoms with Crippen molar-refractivity contribution in [2.45, 2.75) is 45.8 Å². The number of carbonyl (C=O) groups excluding carboxylic acids is 1. The summed E-state index contributed by atoms with van der Waals surface area (Å²) in [4.78, 5) is 31.2. The van der Waals surface area contributed by atoms with Crippen LogP contribution in [0.4, 0.5) is 5.69 Å². The molecule has 2 aromatic heterocycles. The Balaban J connectivity index is 1.68. The van der Waals surface area contributed by atoms with Crippen LogP contribution in [0, 0.1) is 16.0 Å². The minimum absolute atomic E-state index is 0.0439. The van der Waals surface area contributed by atoms with Gasteiger partial charge in [0.1, 0.15) is 0 Å². The molecule has 38 heavy (non-hydrogen) atoms. The van der Waals surface area contributed by atoms with Gasteiger partial charge in [0, 0.05) is 54.6 Å². The second-order valence-corrected chi connectivity index (χ2v) is 10.5. The molecule has 2 heterocycles. The van der Waals surface area contributed by atoms with Crippen molar-refractivity contribution in [2.24, 2.45) is 5.92 Å². The number of thiocarbonyl (C=S) groups is 1. The van der Waals surface area contributed by atoms with Gasteiger partial charge in [0.2, 0.25) is 5.91 Å². The van der Waals surface area contributed by atoms with Crippen LogP contribution in [0.2, 0.25) is 0 Å². The van der Waals surface area contributed by atoms with Gasteiger partial charge in [-0.3, -0.25) is 14.9 Å². The van der Waals surface area contributed by atoms with Gasteiger partial charge in [0.25, 0.3) is 5.69 Å². The largest absolute Gasteiger partial charge is 0.359 e. The number of benzene rings is 1. The predicted octanol–water partition coefficient (Wildman–Crippen LogP) is 4.54. The second kappa shape index (κ2) is 14.4. The van der Waals surface area contributed by atoms with E-state index in [-0.39, 0.29) is 30.0 Å². The molecule has 0 aliphatic carbocycles. The van der Waals surface area contributed by atoms with Gasteiger partial charge >= 0.3 is 0 Å². The van der Waals surface area contributed by atoms with Crippen molar-refractivity contribution in [1.29, 1.82) is 0 Å². The van der Waals surface area contributed by atoms with E-state index in [0.717, 1.165) is 17.7 Å². The van der Waals surface area contributed by atoms with Crippen molar-refractivity contribution in [3.8, 4) is 0 Å². The molecule has 0 unspecified atom stereocenters. The first-order valence-corrected chi connectivity index (χ1v) is 13.8. The van der Waals surface area contributed by atoms with Crippen LogP contribution in [0.15, 0.2) is 67.0 Å². The quantitative estimate of drug-likeness (QED) is 0.130. The number of nitrogens with zero attached hydrogens (tertiary/aromatic N) is 4. The lowest BCUT2D eigenvalue weighted by molar-refractivity contribution is -0.384. The summed E-state index contributed by atoms with van der Waals surface area (Å²) in [5.41, 5.74) is 1.70. The average molecular weight is 555 g/mol. The monoisotopic (exact) mass is 554 g/mol. The highest BCUT2D eigenvalue weighted by atomic mass is 32.1. The van der Waals surface area contributed by atoms with E-state index >= 15 is 0 Å². The van der Waals surface area contributed by atoms with E-state index in [9.17, 15) is 14.9 Å². The molecule has 2 N–H and O–H groups in total. The highest BCUT2D eigenvalue weighted by molar-refractivity contribution is 7.80. The zero-order chi connectivity index (χ0) is 27.5. The van der Waals surface area contributed by atoms with Gasteiger partial charge < -0.3 is 20.1 Å². The highest BCUT2D eigenvalue weighted by Gasteiger charge is 2.24. The van der Waals surface area contributed by atoms with Crippen molar-refractivity contribution in [3.05, 3.63) is 93.2 Å². The molecule has 202 valence electrons. The molecule has 2 atom stereocenters.